The number of nitrogens with zero attached hydrogens (tertiary/aromatic N) is 3. The summed E-state index contributed by atoms with van der Waals surface area (Å²) < 4.78 is 0. The first-order valence-electron chi connectivity index (χ1n) is 5.36. The molecule has 0 aromatic rings. The molecule has 0 aliphatic carbocycles. The second-order valence-corrected chi connectivity index (χ2v) is 5.15. The fraction of sp³-hybridized carbons (Fsp3) is 0.900. The Morgan fingerprint density at radius 1 is 1.44 bits per heavy atom. The minimum atomic E-state index is -0.688. The van der Waals surface area contributed by atoms with Crippen molar-refractivity contribution in [2.75, 3.05) is 20.6 Å². The molecule has 6 nitrogen and oxygen atoms in total. The highest BCUT2D eigenvalue weighted by Crippen LogP contribution is 2.19. The number of nitrogens with one attached hydrogen (secondary N) is 1. The molecule has 0 aliphatic rings. The lowest BCUT2D eigenvalue weighted by Crippen LogP contribution is -2.37. The van der Waals surface area contributed by atoms with Crippen molar-refractivity contribution in [3.8, 4) is 0 Å². The topological polar surface area (TPSA) is 70.8 Å². The molecule has 16 heavy (non-hydrogen) atoms. The number of rotatable bonds is 4. The zero-order valence-corrected chi connectivity index (χ0v) is 10.8. The first kappa shape index (κ1) is 14.7. The van der Waals surface area contributed by atoms with E-state index in [2.05, 4.69) is 31.2 Å². The summed E-state index contributed by atoms with van der Waals surface area (Å²) in [5.41, 5.74) is 0.292. The van der Waals surface area contributed by atoms with Crippen molar-refractivity contribution in [3.63, 3.8) is 0 Å². The Morgan fingerprint density at radius 2 is 2.00 bits per heavy atom. The van der Waals surface area contributed by atoms with Crippen molar-refractivity contribution in [2.45, 2.75) is 33.6 Å². The van der Waals surface area contributed by atoms with Crippen LogP contribution in [-0.4, -0.2) is 36.5 Å². The minimum Gasteiger partial charge on any atom is -0.351 e. The van der Waals surface area contributed by atoms with Crippen molar-refractivity contribution in [1.29, 1.82) is 0 Å². The molecule has 6 heteroatoms. The smallest absolute Gasteiger partial charge is 0.270 e. The van der Waals surface area contributed by atoms with E-state index < -0.39 is 5.03 Å². The van der Waals surface area contributed by atoms with Gasteiger partial charge in [0.2, 0.25) is 0 Å². The Morgan fingerprint density at radius 3 is 2.38 bits per heavy atom. The minimum absolute atomic E-state index is 0.291. The predicted octanol–water partition coefficient (Wildman–Crippen LogP) is 1.51. The molecule has 0 rings (SSSR count). The molecule has 94 valence electrons. The van der Waals surface area contributed by atoms with Gasteiger partial charge in [0.1, 0.15) is 5.10 Å². The van der Waals surface area contributed by atoms with Gasteiger partial charge >= 0.3 is 0 Å². The van der Waals surface area contributed by atoms with Crippen LogP contribution in [0.5, 0.6) is 0 Å². The SMILES string of the molecule is CN(C)/C(=N\[N+](=O)[O-])NCCCC(C)(C)C. The first-order valence-corrected chi connectivity index (χ1v) is 5.36. The summed E-state index contributed by atoms with van der Waals surface area (Å²) >= 11 is 0. The zero-order chi connectivity index (χ0) is 12.8. The zero-order valence-electron chi connectivity index (χ0n) is 10.8. The summed E-state index contributed by atoms with van der Waals surface area (Å²) in [6, 6.07) is 0. The van der Waals surface area contributed by atoms with E-state index in [0.29, 0.717) is 17.9 Å². The molecule has 0 aromatic carbocycles. The van der Waals surface area contributed by atoms with Gasteiger partial charge in [-0.3, -0.25) is 0 Å². The van der Waals surface area contributed by atoms with Gasteiger partial charge in [-0.2, -0.15) is 0 Å². The van der Waals surface area contributed by atoms with Crippen LogP contribution in [0.15, 0.2) is 5.10 Å². The largest absolute Gasteiger partial charge is 0.351 e. The van der Waals surface area contributed by atoms with Crippen molar-refractivity contribution in [1.82, 2.24) is 10.2 Å². The number of nitro groups is 1. The van der Waals surface area contributed by atoms with Gasteiger partial charge in [-0.15, -0.1) is 0 Å². The van der Waals surface area contributed by atoms with Gasteiger partial charge in [-0.25, -0.2) is 10.1 Å². The van der Waals surface area contributed by atoms with E-state index in [1.54, 1.807) is 19.0 Å². The summed E-state index contributed by atoms with van der Waals surface area (Å²) in [6.45, 7) is 7.21. The molecular weight excluding hydrogens is 208 g/mol. The van der Waals surface area contributed by atoms with Crippen LogP contribution in [0.2, 0.25) is 0 Å². The maximum atomic E-state index is 10.3. The second-order valence-electron chi connectivity index (χ2n) is 5.15. The number of hydrogen-bond donors (Lipinski definition) is 1. The van der Waals surface area contributed by atoms with Crippen LogP contribution in [0.1, 0.15) is 33.6 Å². The van der Waals surface area contributed by atoms with Gasteiger partial charge in [0.05, 0.1) is 0 Å². The highest BCUT2D eigenvalue weighted by atomic mass is 16.7. The Balaban J connectivity index is 4.01. The maximum Gasteiger partial charge on any atom is 0.270 e. The molecule has 0 atom stereocenters. The molecular formula is C10H22N4O2. The number of hydrogen-bond acceptors (Lipinski definition) is 2. The third-order valence-corrected chi connectivity index (χ3v) is 1.99. The fourth-order valence-electron chi connectivity index (χ4n) is 1.18. The standard InChI is InChI=1S/C10H22N4O2/c1-10(2,3)7-6-8-11-9(13(4)5)12-14(15)16/h6-8H2,1-5H3,(H,11,12). The summed E-state index contributed by atoms with van der Waals surface area (Å²) in [6.07, 6.45) is 2.03. The number of hydrazone groups is 1. The first-order chi connectivity index (χ1) is 7.22. The van der Waals surface area contributed by atoms with E-state index in [1.807, 2.05) is 0 Å². The molecule has 0 spiro atoms. The van der Waals surface area contributed by atoms with Crippen molar-refractivity contribution in [2.24, 2.45) is 10.5 Å². The lowest BCUT2D eigenvalue weighted by molar-refractivity contribution is -0.485. The van der Waals surface area contributed by atoms with Gasteiger partial charge in [-0.05, 0) is 18.3 Å². The number of guanidine groups is 1. The molecule has 0 amide bonds. The fourth-order valence-corrected chi connectivity index (χ4v) is 1.18. The Hall–Kier alpha value is -1.33. The molecule has 1 N–H and O–H groups in total. The van der Waals surface area contributed by atoms with Gasteiger partial charge < -0.3 is 10.2 Å². The molecule has 0 unspecified atom stereocenters. The molecule has 0 bridgehead atoms. The van der Waals surface area contributed by atoms with Crippen LogP contribution in [0, 0.1) is 15.5 Å². The highest BCUT2D eigenvalue weighted by Gasteiger charge is 2.10. The molecule has 0 aliphatic heterocycles. The van der Waals surface area contributed by atoms with Crippen molar-refractivity contribution < 1.29 is 5.03 Å². The van der Waals surface area contributed by atoms with Crippen LogP contribution in [-0.2, 0) is 0 Å². The normalized spacial score (nSPS) is 12.4. The molecule has 0 heterocycles. The third-order valence-electron chi connectivity index (χ3n) is 1.99. The quantitative estimate of drug-likeness (QED) is 0.261. The van der Waals surface area contributed by atoms with E-state index in [4.69, 9.17) is 0 Å². The van der Waals surface area contributed by atoms with Gasteiger partial charge in [-0.1, -0.05) is 20.8 Å². The van der Waals surface area contributed by atoms with Crippen LogP contribution in [0.3, 0.4) is 0 Å². The molecule has 0 radical (unpaired) electrons. The van der Waals surface area contributed by atoms with Crippen LogP contribution < -0.4 is 5.32 Å². The highest BCUT2D eigenvalue weighted by molar-refractivity contribution is 5.78. The van der Waals surface area contributed by atoms with Gasteiger partial charge in [0.25, 0.3) is 5.96 Å². The van der Waals surface area contributed by atoms with Crippen molar-refractivity contribution >= 4 is 5.96 Å². The summed E-state index contributed by atoms with van der Waals surface area (Å²) in [5.74, 6) is 0.291. The van der Waals surface area contributed by atoms with E-state index in [0.717, 1.165) is 12.8 Å². The summed E-state index contributed by atoms with van der Waals surface area (Å²) in [4.78, 5) is 11.9. The maximum absolute atomic E-state index is 10.3. The average molecular weight is 230 g/mol. The Kier molecular flexibility index (Phi) is 5.77. The van der Waals surface area contributed by atoms with E-state index in [9.17, 15) is 10.1 Å². The predicted molar refractivity (Wildman–Crippen MR) is 64.8 cm³/mol. The van der Waals surface area contributed by atoms with E-state index >= 15 is 0 Å². The summed E-state index contributed by atoms with van der Waals surface area (Å²) in [5, 5.41) is 15.8. The molecule has 0 saturated carbocycles. The Labute approximate surface area is 96.9 Å². The lowest BCUT2D eigenvalue weighted by atomic mass is 9.91. The average Bonchev–Trinajstić information content (AvgIpc) is 2.07. The Bertz CT molecular complexity index is 256. The monoisotopic (exact) mass is 230 g/mol. The molecule has 0 saturated heterocycles. The van der Waals surface area contributed by atoms with Gasteiger partial charge in [0, 0.05) is 20.6 Å². The molecule has 0 fully saturated rings. The second kappa shape index (κ2) is 6.30. The third kappa shape index (κ3) is 8.02. The van der Waals surface area contributed by atoms with Gasteiger partial charge in [0.15, 0.2) is 5.03 Å². The van der Waals surface area contributed by atoms with E-state index in [1.165, 1.54) is 0 Å². The summed E-state index contributed by atoms with van der Waals surface area (Å²) in [7, 11) is 3.44. The van der Waals surface area contributed by atoms with Crippen LogP contribution in [0.4, 0.5) is 0 Å². The van der Waals surface area contributed by atoms with E-state index in [-0.39, 0.29) is 0 Å². The van der Waals surface area contributed by atoms with Crippen LogP contribution >= 0.6 is 0 Å². The molecule has 0 aromatic heterocycles. The van der Waals surface area contributed by atoms with Crippen LogP contribution in [0.25, 0.3) is 0 Å². The van der Waals surface area contributed by atoms with Crippen molar-refractivity contribution in [3.05, 3.63) is 10.1 Å². The lowest BCUT2D eigenvalue weighted by Gasteiger charge is -2.19.